The average Bonchev–Trinajstić information content (AvgIpc) is 3.10. The molecule has 2 heterocycles. The molecule has 0 fully saturated rings. The number of thiazole rings is 1. The van der Waals surface area contributed by atoms with Gasteiger partial charge in [-0.15, -0.1) is 11.3 Å². The van der Waals surface area contributed by atoms with Crippen LogP contribution >= 0.6 is 22.9 Å². The Morgan fingerprint density at radius 3 is 2.91 bits per heavy atom. The van der Waals surface area contributed by atoms with E-state index in [0.29, 0.717) is 16.5 Å². The van der Waals surface area contributed by atoms with Crippen molar-refractivity contribution in [2.75, 3.05) is 5.32 Å². The molecule has 3 aromatic rings. The summed E-state index contributed by atoms with van der Waals surface area (Å²) in [6.45, 7) is 1.80. The number of benzene rings is 1. The minimum Gasteiger partial charge on any atom is -0.462 e. The molecule has 0 saturated carbocycles. The standard InChI is InChI=1S/C15H10ClFN2O2S/c1-8-13(19-15(22-8)12-3-2-6-21-12)14(20)18-11-5-4-9(17)7-10(11)16/h2-7H,1H3,(H,18,20). The highest BCUT2D eigenvalue weighted by atomic mass is 35.5. The van der Waals surface area contributed by atoms with E-state index in [1.807, 2.05) is 0 Å². The van der Waals surface area contributed by atoms with E-state index in [4.69, 9.17) is 16.0 Å². The zero-order chi connectivity index (χ0) is 15.7. The molecular weight excluding hydrogens is 327 g/mol. The van der Waals surface area contributed by atoms with Gasteiger partial charge in [-0.1, -0.05) is 11.6 Å². The summed E-state index contributed by atoms with van der Waals surface area (Å²) in [5.74, 6) is -0.264. The number of amides is 1. The van der Waals surface area contributed by atoms with E-state index in [1.54, 1.807) is 25.3 Å². The molecule has 0 bridgehead atoms. The van der Waals surface area contributed by atoms with Gasteiger partial charge in [-0.25, -0.2) is 9.37 Å². The van der Waals surface area contributed by atoms with Crippen molar-refractivity contribution >= 4 is 34.5 Å². The Kier molecular flexibility index (Phi) is 3.96. The second-order valence-electron chi connectivity index (χ2n) is 4.48. The lowest BCUT2D eigenvalue weighted by Gasteiger charge is -2.06. The monoisotopic (exact) mass is 336 g/mol. The minimum absolute atomic E-state index is 0.132. The fourth-order valence-corrected chi connectivity index (χ4v) is 2.98. The average molecular weight is 337 g/mol. The second-order valence-corrected chi connectivity index (χ2v) is 6.09. The number of halogens is 2. The van der Waals surface area contributed by atoms with Gasteiger partial charge in [-0.3, -0.25) is 4.79 Å². The summed E-state index contributed by atoms with van der Waals surface area (Å²) in [6, 6.07) is 7.30. The number of carbonyl (C=O) groups is 1. The normalized spacial score (nSPS) is 10.7. The van der Waals surface area contributed by atoms with Gasteiger partial charge >= 0.3 is 0 Å². The quantitative estimate of drug-likeness (QED) is 0.750. The van der Waals surface area contributed by atoms with E-state index in [2.05, 4.69) is 10.3 Å². The van der Waals surface area contributed by atoms with Gasteiger partial charge in [0.05, 0.1) is 17.0 Å². The molecule has 0 aliphatic heterocycles. The van der Waals surface area contributed by atoms with Crippen LogP contribution < -0.4 is 5.32 Å². The van der Waals surface area contributed by atoms with Gasteiger partial charge in [-0.2, -0.15) is 0 Å². The highest BCUT2D eigenvalue weighted by Gasteiger charge is 2.18. The molecule has 0 atom stereocenters. The Labute approximate surface area is 134 Å². The number of nitrogens with zero attached hydrogens (tertiary/aromatic N) is 1. The lowest BCUT2D eigenvalue weighted by molar-refractivity contribution is 0.102. The van der Waals surface area contributed by atoms with Crippen molar-refractivity contribution in [3.05, 3.63) is 58.0 Å². The van der Waals surface area contributed by atoms with Crippen molar-refractivity contribution in [2.24, 2.45) is 0 Å². The minimum atomic E-state index is -0.465. The number of hydrogen-bond acceptors (Lipinski definition) is 4. The van der Waals surface area contributed by atoms with Gasteiger partial charge in [0.2, 0.25) is 0 Å². The van der Waals surface area contributed by atoms with Crippen molar-refractivity contribution in [1.82, 2.24) is 4.98 Å². The van der Waals surface area contributed by atoms with Gasteiger partial charge < -0.3 is 9.73 Å². The van der Waals surface area contributed by atoms with Crippen molar-refractivity contribution < 1.29 is 13.6 Å². The van der Waals surface area contributed by atoms with E-state index in [9.17, 15) is 9.18 Å². The van der Waals surface area contributed by atoms with Crippen LogP contribution in [-0.4, -0.2) is 10.9 Å². The third-order valence-electron chi connectivity index (χ3n) is 2.92. The summed E-state index contributed by atoms with van der Waals surface area (Å²) < 4.78 is 18.3. The van der Waals surface area contributed by atoms with Crippen LogP contribution in [0, 0.1) is 12.7 Å². The van der Waals surface area contributed by atoms with Gasteiger partial charge in [0.15, 0.2) is 10.8 Å². The Bertz CT molecular complexity index is 830. The van der Waals surface area contributed by atoms with Crippen LogP contribution in [0.2, 0.25) is 5.02 Å². The van der Waals surface area contributed by atoms with Crippen LogP contribution in [0.5, 0.6) is 0 Å². The van der Waals surface area contributed by atoms with E-state index >= 15 is 0 Å². The van der Waals surface area contributed by atoms with Gasteiger partial charge in [0.25, 0.3) is 5.91 Å². The second kappa shape index (κ2) is 5.90. The molecule has 0 saturated heterocycles. The van der Waals surface area contributed by atoms with E-state index in [0.717, 1.165) is 10.9 Å². The number of aryl methyl sites for hydroxylation is 1. The largest absolute Gasteiger partial charge is 0.462 e. The first-order chi connectivity index (χ1) is 10.5. The predicted octanol–water partition coefficient (Wildman–Crippen LogP) is 4.76. The zero-order valence-electron chi connectivity index (χ0n) is 11.4. The molecule has 0 unspecified atom stereocenters. The van der Waals surface area contributed by atoms with Crippen LogP contribution in [0.25, 0.3) is 10.8 Å². The number of nitrogens with one attached hydrogen (secondary N) is 1. The molecular formula is C15H10ClFN2O2S. The lowest BCUT2D eigenvalue weighted by Crippen LogP contribution is -2.13. The molecule has 112 valence electrons. The summed E-state index contributed by atoms with van der Waals surface area (Å²) in [7, 11) is 0. The highest BCUT2D eigenvalue weighted by Crippen LogP contribution is 2.29. The summed E-state index contributed by atoms with van der Waals surface area (Å²) in [4.78, 5) is 17.3. The SMILES string of the molecule is Cc1sc(-c2ccco2)nc1C(=O)Nc1ccc(F)cc1Cl. The third kappa shape index (κ3) is 2.88. The fraction of sp³-hybridized carbons (Fsp3) is 0.0667. The Hall–Kier alpha value is -2.18. The molecule has 0 spiro atoms. The predicted molar refractivity (Wildman–Crippen MR) is 83.9 cm³/mol. The first-order valence-electron chi connectivity index (χ1n) is 6.32. The maximum absolute atomic E-state index is 13.0. The highest BCUT2D eigenvalue weighted by molar-refractivity contribution is 7.15. The summed E-state index contributed by atoms with van der Waals surface area (Å²) >= 11 is 7.26. The van der Waals surface area contributed by atoms with Crippen LogP contribution in [0.4, 0.5) is 10.1 Å². The maximum atomic E-state index is 13.0. The summed E-state index contributed by atoms with van der Waals surface area (Å²) in [5, 5.41) is 3.38. The first-order valence-corrected chi connectivity index (χ1v) is 7.52. The lowest BCUT2D eigenvalue weighted by atomic mass is 10.3. The van der Waals surface area contributed by atoms with Gasteiger partial charge in [0.1, 0.15) is 11.5 Å². The number of hydrogen-bond donors (Lipinski definition) is 1. The summed E-state index contributed by atoms with van der Waals surface area (Å²) in [5.41, 5.74) is 0.622. The van der Waals surface area contributed by atoms with E-state index < -0.39 is 11.7 Å². The Morgan fingerprint density at radius 1 is 1.41 bits per heavy atom. The molecule has 4 nitrogen and oxygen atoms in total. The Balaban J connectivity index is 1.86. The molecule has 22 heavy (non-hydrogen) atoms. The smallest absolute Gasteiger partial charge is 0.275 e. The number of carbonyl (C=O) groups excluding carboxylic acids is 1. The first kappa shape index (κ1) is 14.7. The van der Waals surface area contributed by atoms with Crippen LogP contribution in [-0.2, 0) is 0 Å². The van der Waals surface area contributed by atoms with Crippen molar-refractivity contribution in [2.45, 2.75) is 6.92 Å². The number of aromatic nitrogens is 1. The van der Waals surface area contributed by atoms with Crippen molar-refractivity contribution in [1.29, 1.82) is 0 Å². The van der Waals surface area contributed by atoms with Gasteiger partial charge in [0, 0.05) is 4.88 Å². The number of furan rings is 1. The van der Waals surface area contributed by atoms with Crippen molar-refractivity contribution in [3.8, 4) is 10.8 Å². The number of rotatable bonds is 3. The molecule has 3 rings (SSSR count). The molecule has 2 aromatic heterocycles. The molecule has 0 radical (unpaired) electrons. The van der Waals surface area contributed by atoms with Crippen LogP contribution in [0.15, 0.2) is 41.0 Å². The molecule has 1 N–H and O–H groups in total. The zero-order valence-corrected chi connectivity index (χ0v) is 13.0. The Morgan fingerprint density at radius 2 is 2.23 bits per heavy atom. The maximum Gasteiger partial charge on any atom is 0.275 e. The van der Waals surface area contributed by atoms with E-state index in [1.165, 1.54) is 23.5 Å². The molecule has 7 heteroatoms. The third-order valence-corrected chi connectivity index (χ3v) is 4.22. The fourth-order valence-electron chi connectivity index (χ4n) is 1.89. The van der Waals surface area contributed by atoms with E-state index in [-0.39, 0.29) is 10.7 Å². The number of anilines is 1. The summed E-state index contributed by atoms with van der Waals surface area (Å²) in [6.07, 6.45) is 1.55. The molecule has 1 amide bonds. The molecule has 0 aliphatic rings. The molecule has 0 aliphatic carbocycles. The topological polar surface area (TPSA) is 55.1 Å². The van der Waals surface area contributed by atoms with Crippen LogP contribution in [0.3, 0.4) is 0 Å². The van der Waals surface area contributed by atoms with Gasteiger partial charge in [-0.05, 0) is 37.3 Å². The van der Waals surface area contributed by atoms with Crippen molar-refractivity contribution in [3.63, 3.8) is 0 Å². The molecule has 1 aromatic carbocycles. The van der Waals surface area contributed by atoms with Crippen LogP contribution in [0.1, 0.15) is 15.4 Å².